The highest BCUT2D eigenvalue weighted by Gasteiger charge is 2.12. The number of fused-ring (bicyclic) bond motifs is 1. The molecule has 1 amide bonds. The highest BCUT2D eigenvalue weighted by Crippen LogP contribution is 2.28. The van der Waals surface area contributed by atoms with Crippen molar-refractivity contribution in [1.29, 1.82) is 0 Å². The van der Waals surface area contributed by atoms with Gasteiger partial charge in [-0.05, 0) is 29.7 Å². The molecule has 6 heteroatoms. The molecule has 5 nitrogen and oxygen atoms in total. The molecule has 4 N–H and O–H groups in total. The third-order valence-corrected chi connectivity index (χ3v) is 4.40. The molecule has 0 atom stereocenters. The van der Waals surface area contributed by atoms with Crippen LogP contribution >= 0.6 is 11.3 Å². The van der Waals surface area contributed by atoms with Gasteiger partial charge in [0.25, 0.3) is 5.91 Å². The van der Waals surface area contributed by atoms with E-state index in [0.717, 1.165) is 10.1 Å². The molecule has 0 spiro atoms. The summed E-state index contributed by atoms with van der Waals surface area (Å²) in [5, 5.41) is 12.6. The lowest BCUT2D eigenvalue weighted by Crippen LogP contribution is -2.12. The number of nitrogen functional groups attached to an aromatic ring is 1. The third-order valence-electron chi connectivity index (χ3n) is 3.28. The summed E-state index contributed by atoms with van der Waals surface area (Å²) in [5.41, 5.74) is 6.88. The minimum absolute atomic E-state index is 0.0651. The van der Waals surface area contributed by atoms with E-state index in [1.807, 2.05) is 30.3 Å². The molecule has 3 rings (SSSR count). The van der Waals surface area contributed by atoms with Crippen LogP contribution in [0.2, 0.25) is 0 Å². The smallest absolute Gasteiger partial charge is 0.265 e. The van der Waals surface area contributed by atoms with E-state index in [9.17, 15) is 4.79 Å². The number of aliphatic hydroxyl groups is 1. The number of anilines is 2. The number of carbonyl (C=O) groups excluding carboxylic acids is 1. The predicted molar refractivity (Wildman–Crippen MR) is 93.2 cm³/mol. The lowest BCUT2D eigenvalue weighted by Gasteiger charge is -2.10. The molecule has 3 aromatic rings. The van der Waals surface area contributed by atoms with Crippen molar-refractivity contribution in [1.82, 2.24) is 0 Å². The van der Waals surface area contributed by atoms with Crippen LogP contribution in [0.15, 0.2) is 48.5 Å². The second-order valence-electron chi connectivity index (χ2n) is 4.92. The Labute approximate surface area is 137 Å². The number of carbonyl (C=O) groups is 1. The van der Waals surface area contributed by atoms with Crippen molar-refractivity contribution in [3.05, 3.63) is 53.4 Å². The molecule has 0 saturated carbocycles. The van der Waals surface area contributed by atoms with Crippen LogP contribution in [-0.2, 0) is 0 Å². The number of rotatable bonds is 5. The molecule has 0 unspecified atom stereocenters. The van der Waals surface area contributed by atoms with Gasteiger partial charge in [-0.2, -0.15) is 0 Å². The molecule has 0 aliphatic rings. The zero-order chi connectivity index (χ0) is 16.2. The molecule has 118 valence electrons. The lowest BCUT2D eigenvalue weighted by molar-refractivity contribution is 0.103. The Morgan fingerprint density at radius 3 is 2.78 bits per heavy atom. The number of aliphatic hydroxyl groups excluding tert-OH is 1. The van der Waals surface area contributed by atoms with Gasteiger partial charge in [0.2, 0.25) is 0 Å². The number of thiophene rings is 1. The topological polar surface area (TPSA) is 84.6 Å². The van der Waals surface area contributed by atoms with Crippen molar-refractivity contribution in [3.63, 3.8) is 0 Å². The molecular weight excluding hydrogens is 312 g/mol. The molecular formula is C17H16N2O3S. The van der Waals surface area contributed by atoms with E-state index < -0.39 is 0 Å². The standard InChI is InChI=1S/C17H16N2O3S/c18-13-10-12(22-8-7-20)5-6-14(13)19-17(21)16-9-11-3-1-2-4-15(11)23-16/h1-6,9-10,20H,7-8,18H2,(H,19,21). The minimum Gasteiger partial charge on any atom is -0.491 e. The molecule has 1 aromatic heterocycles. The number of hydrogen-bond donors (Lipinski definition) is 3. The van der Waals surface area contributed by atoms with Crippen LogP contribution in [-0.4, -0.2) is 24.2 Å². The Hall–Kier alpha value is -2.57. The van der Waals surface area contributed by atoms with E-state index in [4.69, 9.17) is 15.6 Å². The predicted octanol–water partition coefficient (Wildman–Crippen LogP) is 3.11. The third kappa shape index (κ3) is 3.44. The van der Waals surface area contributed by atoms with Crippen LogP contribution in [0.1, 0.15) is 9.67 Å². The van der Waals surface area contributed by atoms with Crippen LogP contribution in [0.25, 0.3) is 10.1 Å². The molecule has 0 bridgehead atoms. The van der Waals surface area contributed by atoms with E-state index in [1.54, 1.807) is 18.2 Å². The summed E-state index contributed by atoms with van der Waals surface area (Å²) in [5.74, 6) is 0.360. The number of nitrogens with one attached hydrogen (secondary N) is 1. The fourth-order valence-electron chi connectivity index (χ4n) is 2.19. The second-order valence-corrected chi connectivity index (χ2v) is 6.01. The number of ether oxygens (including phenoxy) is 1. The van der Waals surface area contributed by atoms with Crippen molar-refractivity contribution in [2.45, 2.75) is 0 Å². The molecule has 23 heavy (non-hydrogen) atoms. The van der Waals surface area contributed by atoms with Crippen LogP contribution in [0.4, 0.5) is 11.4 Å². The van der Waals surface area contributed by atoms with Crippen LogP contribution in [0.5, 0.6) is 5.75 Å². The Bertz CT molecular complexity index is 812. The van der Waals surface area contributed by atoms with Crippen molar-refractivity contribution in [3.8, 4) is 5.75 Å². The minimum atomic E-state index is -0.193. The van der Waals surface area contributed by atoms with Crippen molar-refractivity contribution in [2.24, 2.45) is 0 Å². The zero-order valence-electron chi connectivity index (χ0n) is 12.3. The Morgan fingerprint density at radius 2 is 2.04 bits per heavy atom. The fraction of sp³-hybridized carbons (Fsp3) is 0.118. The van der Waals surface area contributed by atoms with Gasteiger partial charge >= 0.3 is 0 Å². The maximum Gasteiger partial charge on any atom is 0.265 e. The molecule has 0 radical (unpaired) electrons. The molecule has 0 saturated heterocycles. The maximum absolute atomic E-state index is 12.4. The zero-order valence-corrected chi connectivity index (χ0v) is 13.1. The molecule has 1 heterocycles. The first-order valence-corrected chi connectivity index (χ1v) is 7.92. The largest absolute Gasteiger partial charge is 0.491 e. The average molecular weight is 328 g/mol. The quantitative estimate of drug-likeness (QED) is 0.628. The van der Waals surface area contributed by atoms with Gasteiger partial charge in [0.15, 0.2) is 0 Å². The van der Waals surface area contributed by atoms with Gasteiger partial charge in [-0.25, -0.2) is 0 Å². The molecule has 0 fully saturated rings. The highest BCUT2D eigenvalue weighted by atomic mass is 32.1. The second kappa shape index (κ2) is 6.68. The molecule has 0 aliphatic heterocycles. The van der Waals surface area contributed by atoms with Crippen molar-refractivity contribution < 1.29 is 14.6 Å². The van der Waals surface area contributed by atoms with Gasteiger partial charge in [0.05, 0.1) is 22.9 Å². The highest BCUT2D eigenvalue weighted by molar-refractivity contribution is 7.20. The van der Waals surface area contributed by atoms with Gasteiger partial charge in [-0.3, -0.25) is 4.79 Å². The van der Waals surface area contributed by atoms with Gasteiger partial charge in [-0.1, -0.05) is 18.2 Å². The van der Waals surface area contributed by atoms with E-state index in [2.05, 4.69) is 5.32 Å². The van der Waals surface area contributed by atoms with E-state index in [0.29, 0.717) is 22.0 Å². The van der Waals surface area contributed by atoms with E-state index >= 15 is 0 Å². The van der Waals surface area contributed by atoms with E-state index in [-0.39, 0.29) is 19.1 Å². The Balaban J connectivity index is 1.76. The van der Waals surface area contributed by atoms with Crippen LogP contribution < -0.4 is 15.8 Å². The number of amides is 1. The summed E-state index contributed by atoms with van der Waals surface area (Å²) in [6, 6.07) is 14.7. The summed E-state index contributed by atoms with van der Waals surface area (Å²) in [4.78, 5) is 13.0. The molecule has 0 aliphatic carbocycles. The Morgan fingerprint density at radius 1 is 1.22 bits per heavy atom. The first-order valence-electron chi connectivity index (χ1n) is 7.10. The number of hydrogen-bond acceptors (Lipinski definition) is 5. The van der Waals surface area contributed by atoms with Crippen molar-refractivity contribution in [2.75, 3.05) is 24.3 Å². The van der Waals surface area contributed by atoms with Gasteiger partial charge in [0.1, 0.15) is 12.4 Å². The number of benzene rings is 2. The summed E-state index contributed by atoms with van der Waals surface area (Å²) in [7, 11) is 0. The first-order chi connectivity index (χ1) is 11.2. The van der Waals surface area contributed by atoms with Gasteiger partial charge < -0.3 is 20.9 Å². The van der Waals surface area contributed by atoms with E-state index in [1.165, 1.54) is 11.3 Å². The normalized spacial score (nSPS) is 10.7. The fourth-order valence-corrected chi connectivity index (χ4v) is 3.14. The molecule has 2 aromatic carbocycles. The van der Waals surface area contributed by atoms with Crippen LogP contribution in [0, 0.1) is 0 Å². The SMILES string of the molecule is Nc1cc(OCCO)ccc1NC(=O)c1cc2ccccc2s1. The average Bonchev–Trinajstić information content (AvgIpc) is 2.99. The monoisotopic (exact) mass is 328 g/mol. The number of nitrogens with two attached hydrogens (primary N) is 1. The first kappa shape index (κ1) is 15.3. The lowest BCUT2D eigenvalue weighted by atomic mass is 10.2. The van der Waals surface area contributed by atoms with Gasteiger partial charge in [-0.15, -0.1) is 11.3 Å². The Kier molecular flexibility index (Phi) is 4.45. The van der Waals surface area contributed by atoms with Crippen molar-refractivity contribution >= 4 is 38.7 Å². The van der Waals surface area contributed by atoms with Crippen LogP contribution in [0.3, 0.4) is 0 Å². The maximum atomic E-state index is 12.4. The summed E-state index contributed by atoms with van der Waals surface area (Å²) >= 11 is 1.44. The summed E-state index contributed by atoms with van der Waals surface area (Å²) in [6.45, 7) is 0.136. The summed E-state index contributed by atoms with van der Waals surface area (Å²) < 4.78 is 6.35. The van der Waals surface area contributed by atoms with Gasteiger partial charge in [0, 0.05) is 10.8 Å². The summed E-state index contributed by atoms with van der Waals surface area (Å²) in [6.07, 6.45) is 0.